The van der Waals surface area contributed by atoms with Crippen LogP contribution in [-0.4, -0.2) is 10.7 Å². The Labute approximate surface area is 126 Å². The number of nitrogens with zero attached hydrogens (tertiary/aromatic N) is 1. The summed E-state index contributed by atoms with van der Waals surface area (Å²) in [6.45, 7) is 2.06. The molecule has 1 aliphatic heterocycles. The minimum atomic E-state index is 0.923. The Hall–Kier alpha value is -1.00. The molecule has 2 aromatic rings. The lowest BCUT2D eigenvalue weighted by atomic mass is 10.1. The van der Waals surface area contributed by atoms with Crippen LogP contribution in [0.15, 0.2) is 39.8 Å². The molecule has 1 N–H and O–H groups in total. The third-order valence-electron chi connectivity index (χ3n) is 3.22. The minimum absolute atomic E-state index is 0.923. The van der Waals surface area contributed by atoms with Gasteiger partial charge >= 0.3 is 0 Å². The molecule has 0 amide bonds. The van der Waals surface area contributed by atoms with Crippen molar-refractivity contribution in [1.82, 2.24) is 4.98 Å². The minimum Gasteiger partial charge on any atom is -0.340 e. The number of halogens is 1. The number of nitrogens with one attached hydrogen (secondary N) is 1. The van der Waals surface area contributed by atoms with Gasteiger partial charge in [-0.25, -0.2) is 4.98 Å². The summed E-state index contributed by atoms with van der Waals surface area (Å²) in [6.07, 6.45) is 4.28. The number of thioether (sulfide) groups is 1. The molecule has 0 bridgehead atoms. The van der Waals surface area contributed by atoms with Crippen LogP contribution >= 0.6 is 27.7 Å². The second-order valence-corrected chi connectivity index (χ2v) is 6.77. The molecule has 2 heterocycles. The lowest BCUT2D eigenvalue weighted by molar-refractivity contribution is 0.890. The van der Waals surface area contributed by atoms with Gasteiger partial charge < -0.3 is 5.32 Å². The van der Waals surface area contributed by atoms with Gasteiger partial charge in [0.15, 0.2) is 0 Å². The number of pyridine rings is 1. The molecule has 0 spiro atoms. The molecule has 0 aliphatic carbocycles. The molecule has 1 aromatic heterocycles. The monoisotopic (exact) mass is 334 g/mol. The van der Waals surface area contributed by atoms with Gasteiger partial charge in [-0.15, -0.1) is 11.8 Å². The maximum Gasteiger partial charge on any atom is 0.133 e. The second-order valence-electron chi connectivity index (χ2n) is 4.72. The molecular formula is C15H15BrN2S. The zero-order valence-corrected chi connectivity index (χ0v) is 13.1. The number of aryl methyl sites for hydroxylation is 2. The molecule has 4 heteroatoms. The van der Waals surface area contributed by atoms with E-state index in [4.69, 9.17) is 0 Å². The Morgan fingerprint density at radius 1 is 1.32 bits per heavy atom. The van der Waals surface area contributed by atoms with Gasteiger partial charge in [0.2, 0.25) is 0 Å². The highest BCUT2D eigenvalue weighted by Crippen LogP contribution is 2.32. The van der Waals surface area contributed by atoms with Crippen LogP contribution in [0.3, 0.4) is 0 Å². The van der Waals surface area contributed by atoms with E-state index in [0.717, 1.165) is 21.5 Å². The molecule has 3 rings (SSSR count). The summed E-state index contributed by atoms with van der Waals surface area (Å²) < 4.78 is 1.01. The lowest BCUT2D eigenvalue weighted by Crippen LogP contribution is -2.01. The van der Waals surface area contributed by atoms with Crippen LogP contribution in [0.1, 0.15) is 17.5 Å². The first kappa shape index (κ1) is 13.0. The summed E-state index contributed by atoms with van der Waals surface area (Å²) in [4.78, 5) is 5.85. The van der Waals surface area contributed by atoms with Gasteiger partial charge in [0.05, 0.1) is 0 Å². The molecule has 0 fully saturated rings. The molecular weight excluding hydrogens is 320 g/mol. The number of anilines is 2. The average Bonchev–Trinajstić information content (AvgIpc) is 2.42. The summed E-state index contributed by atoms with van der Waals surface area (Å²) in [7, 11) is 0. The van der Waals surface area contributed by atoms with Crippen LogP contribution in [0.25, 0.3) is 0 Å². The van der Waals surface area contributed by atoms with E-state index in [0.29, 0.717) is 0 Å². The van der Waals surface area contributed by atoms with E-state index in [-0.39, 0.29) is 0 Å². The highest BCUT2D eigenvalue weighted by molar-refractivity contribution is 9.10. The van der Waals surface area contributed by atoms with Crippen LogP contribution in [0, 0.1) is 6.92 Å². The third kappa shape index (κ3) is 2.95. The van der Waals surface area contributed by atoms with Crippen molar-refractivity contribution in [2.75, 3.05) is 11.1 Å². The van der Waals surface area contributed by atoms with Crippen molar-refractivity contribution < 1.29 is 0 Å². The van der Waals surface area contributed by atoms with Gasteiger partial charge in [0.25, 0.3) is 0 Å². The standard InChI is InChI=1S/C15H15BrN2S/c1-10-7-12(16)9-17-15(10)18-13-4-5-14-11(8-13)3-2-6-19-14/h4-5,7-9H,2-3,6H2,1H3,(H,17,18). The molecule has 1 aromatic carbocycles. The average molecular weight is 335 g/mol. The molecule has 0 radical (unpaired) electrons. The van der Waals surface area contributed by atoms with Crippen LogP contribution in [0.5, 0.6) is 0 Å². The lowest BCUT2D eigenvalue weighted by Gasteiger charge is -2.17. The van der Waals surface area contributed by atoms with Crippen LogP contribution in [0.2, 0.25) is 0 Å². The van der Waals surface area contributed by atoms with Crippen LogP contribution in [0.4, 0.5) is 11.5 Å². The van der Waals surface area contributed by atoms with E-state index in [9.17, 15) is 0 Å². The first-order chi connectivity index (χ1) is 9.22. The van der Waals surface area contributed by atoms with E-state index in [1.807, 2.05) is 18.0 Å². The largest absolute Gasteiger partial charge is 0.340 e. The molecule has 0 unspecified atom stereocenters. The second kappa shape index (κ2) is 5.55. The van der Waals surface area contributed by atoms with Gasteiger partial charge in [0, 0.05) is 21.3 Å². The molecule has 0 saturated heterocycles. The highest BCUT2D eigenvalue weighted by Gasteiger charge is 2.10. The van der Waals surface area contributed by atoms with Crippen molar-refractivity contribution in [2.45, 2.75) is 24.7 Å². The summed E-state index contributed by atoms with van der Waals surface area (Å²) in [5.41, 5.74) is 3.72. The maximum absolute atomic E-state index is 4.42. The van der Waals surface area contributed by atoms with E-state index in [2.05, 4.69) is 57.4 Å². The van der Waals surface area contributed by atoms with Gasteiger partial charge in [-0.3, -0.25) is 0 Å². The Kier molecular flexibility index (Phi) is 3.80. The van der Waals surface area contributed by atoms with E-state index in [1.54, 1.807) is 0 Å². The molecule has 98 valence electrons. The van der Waals surface area contributed by atoms with Crippen molar-refractivity contribution in [2.24, 2.45) is 0 Å². The molecule has 2 nitrogen and oxygen atoms in total. The van der Waals surface area contributed by atoms with E-state index in [1.165, 1.54) is 29.1 Å². The third-order valence-corrected chi connectivity index (χ3v) is 4.85. The Morgan fingerprint density at radius 2 is 2.21 bits per heavy atom. The maximum atomic E-state index is 4.42. The Morgan fingerprint density at radius 3 is 3.05 bits per heavy atom. The zero-order chi connectivity index (χ0) is 13.2. The topological polar surface area (TPSA) is 24.9 Å². The predicted octanol–water partition coefficient (Wildman–Crippen LogP) is 4.93. The van der Waals surface area contributed by atoms with E-state index < -0.39 is 0 Å². The molecule has 1 aliphatic rings. The van der Waals surface area contributed by atoms with Crippen molar-refractivity contribution >= 4 is 39.2 Å². The Balaban J connectivity index is 1.87. The predicted molar refractivity (Wildman–Crippen MR) is 85.4 cm³/mol. The fraction of sp³-hybridized carbons (Fsp3) is 0.267. The van der Waals surface area contributed by atoms with Crippen molar-refractivity contribution in [3.63, 3.8) is 0 Å². The number of benzene rings is 1. The molecule has 19 heavy (non-hydrogen) atoms. The summed E-state index contributed by atoms with van der Waals surface area (Å²) in [5, 5.41) is 3.41. The summed E-state index contributed by atoms with van der Waals surface area (Å²) in [6, 6.07) is 8.68. The normalized spacial score (nSPS) is 14.0. The quantitative estimate of drug-likeness (QED) is 0.842. The van der Waals surface area contributed by atoms with Gasteiger partial charge in [-0.2, -0.15) is 0 Å². The summed E-state index contributed by atoms with van der Waals surface area (Å²) in [5.74, 6) is 2.17. The van der Waals surface area contributed by atoms with E-state index >= 15 is 0 Å². The zero-order valence-electron chi connectivity index (χ0n) is 10.7. The Bertz CT molecular complexity index is 613. The van der Waals surface area contributed by atoms with Crippen molar-refractivity contribution in [1.29, 1.82) is 0 Å². The van der Waals surface area contributed by atoms with Gasteiger partial charge in [0.1, 0.15) is 5.82 Å². The number of hydrogen-bond donors (Lipinski definition) is 1. The summed E-state index contributed by atoms with van der Waals surface area (Å²) >= 11 is 5.40. The number of aromatic nitrogens is 1. The smallest absolute Gasteiger partial charge is 0.133 e. The number of rotatable bonds is 2. The first-order valence-corrected chi connectivity index (χ1v) is 8.15. The molecule has 0 atom stereocenters. The highest BCUT2D eigenvalue weighted by atomic mass is 79.9. The fourth-order valence-corrected chi connectivity index (χ4v) is 3.71. The fourth-order valence-electron chi connectivity index (χ4n) is 2.25. The molecule has 0 saturated carbocycles. The van der Waals surface area contributed by atoms with Crippen molar-refractivity contribution in [3.05, 3.63) is 46.1 Å². The SMILES string of the molecule is Cc1cc(Br)cnc1Nc1ccc2c(c1)CCCS2. The number of hydrogen-bond acceptors (Lipinski definition) is 3. The van der Waals surface area contributed by atoms with Gasteiger partial charge in [-0.1, -0.05) is 0 Å². The number of fused-ring (bicyclic) bond motifs is 1. The van der Waals surface area contributed by atoms with Crippen LogP contribution in [-0.2, 0) is 6.42 Å². The van der Waals surface area contributed by atoms with Crippen molar-refractivity contribution in [3.8, 4) is 0 Å². The first-order valence-electron chi connectivity index (χ1n) is 6.37. The van der Waals surface area contributed by atoms with Gasteiger partial charge in [-0.05, 0) is 76.8 Å². The van der Waals surface area contributed by atoms with Crippen LogP contribution < -0.4 is 5.32 Å².